The van der Waals surface area contributed by atoms with Crippen molar-refractivity contribution in [2.45, 2.75) is 465 Å². The molecule has 0 aliphatic heterocycles. The predicted molar refractivity (Wildman–Crippen MR) is 428 cm³/mol. The van der Waals surface area contributed by atoms with Crippen LogP contribution in [0.15, 0.2) is 0 Å². The van der Waals surface area contributed by atoms with E-state index in [1.807, 2.05) is 0 Å². The molecule has 0 radical (unpaired) electrons. The van der Waals surface area contributed by atoms with Crippen LogP contribution in [-0.2, 0) is 65.4 Å². The lowest BCUT2D eigenvalue weighted by Crippen LogP contribution is -2.30. The number of rotatable bonds is 83. The summed E-state index contributed by atoms with van der Waals surface area (Å²) in [5, 5.41) is 10.7. The Bertz CT molecular complexity index is 2010. The minimum absolute atomic E-state index is 0.108. The molecule has 0 rings (SSSR count). The van der Waals surface area contributed by atoms with Crippen LogP contribution >= 0.6 is 15.6 Å². The molecule has 0 aliphatic rings. The van der Waals surface area contributed by atoms with E-state index in [1.54, 1.807) is 0 Å². The zero-order chi connectivity index (χ0) is 76.5. The van der Waals surface area contributed by atoms with Crippen LogP contribution in [0.3, 0.4) is 0 Å². The Balaban J connectivity index is 5.22. The lowest BCUT2D eigenvalue weighted by Gasteiger charge is -2.21. The van der Waals surface area contributed by atoms with Gasteiger partial charge in [-0.2, -0.15) is 0 Å². The van der Waals surface area contributed by atoms with E-state index >= 15 is 0 Å². The van der Waals surface area contributed by atoms with Crippen molar-refractivity contribution in [3.8, 4) is 0 Å². The first-order chi connectivity index (χ1) is 50.2. The largest absolute Gasteiger partial charge is 0.472 e. The molecule has 0 aromatic heterocycles. The van der Waals surface area contributed by atoms with Gasteiger partial charge in [0.25, 0.3) is 0 Å². The molecule has 2 unspecified atom stereocenters. The van der Waals surface area contributed by atoms with Gasteiger partial charge in [-0.15, -0.1) is 0 Å². The number of esters is 4. The first-order valence-electron chi connectivity index (χ1n) is 43.8. The van der Waals surface area contributed by atoms with Crippen LogP contribution in [0.1, 0.15) is 447 Å². The highest BCUT2D eigenvalue weighted by Gasteiger charge is 2.30. The molecule has 0 bridgehead atoms. The number of hydrogen-bond donors (Lipinski definition) is 3. The quantitative estimate of drug-likeness (QED) is 0.0222. The van der Waals surface area contributed by atoms with E-state index in [0.29, 0.717) is 25.7 Å². The number of phosphoric ester groups is 2. The van der Waals surface area contributed by atoms with E-state index in [2.05, 4.69) is 48.5 Å². The number of hydrogen-bond acceptors (Lipinski definition) is 15. The molecule has 0 aliphatic carbocycles. The Hall–Kier alpha value is -1.94. The van der Waals surface area contributed by atoms with E-state index in [0.717, 1.165) is 108 Å². The van der Waals surface area contributed by atoms with E-state index in [9.17, 15) is 43.2 Å². The molecular weight excluding hydrogens is 1350 g/mol. The van der Waals surface area contributed by atoms with Crippen LogP contribution < -0.4 is 0 Å². The summed E-state index contributed by atoms with van der Waals surface area (Å²) < 4.78 is 68.8. The van der Waals surface area contributed by atoms with Crippen LogP contribution in [-0.4, -0.2) is 96.7 Å². The highest BCUT2D eigenvalue weighted by Crippen LogP contribution is 2.45. The van der Waals surface area contributed by atoms with Gasteiger partial charge in [-0.1, -0.05) is 395 Å². The van der Waals surface area contributed by atoms with Crippen molar-refractivity contribution in [2.24, 2.45) is 17.8 Å². The van der Waals surface area contributed by atoms with E-state index in [1.165, 1.54) is 257 Å². The molecule has 0 heterocycles. The average molecular weight is 1520 g/mol. The number of aliphatic hydroxyl groups is 1. The van der Waals surface area contributed by atoms with E-state index in [4.69, 9.17) is 37.0 Å². The molecule has 0 fully saturated rings. The summed E-state index contributed by atoms with van der Waals surface area (Å²) >= 11 is 0. The van der Waals surface area contributed by atoms with Gasteiger partial charge in [-0.25, -0.2) is 9.13 Å². The van der Waals surface area contributed by atoms with Crippen molar-refractivity contribution >= 4 is 39.5 Å². The Morgan fingerprint density at radius 2 is 0.442 bits per heavy atom. The van der Waals surface area contributed by atoms with Gasteiger partial charge in [0, 0.05) is 25.7 Å². The molecule has 17 nitrogen and oxygen atoms in total. The fourth-order valence-corrected chi connectivity index (χ4v) is 14.8. The third-order valence-electron chi connectivity index (χ3n) is 19.9. The van der Waals surface area contributed by atoms with Crippen LogP contribution in [0.4, 0.5) is 0 Å². The Kier molecular flexibility index (Phi) is 73.7. The predicted octanol–water partition coefficient (Wildman–Crippen LogP) is 25.7. The molecular formula is C85H166O17P2. The fourth-order valence-electron chi connectivity index (χ4n) is 13.2. The standard InChI is InChI=1S/C85H166O17P2/c1-8-9-10-11-12-35-45-52-59-66-82(87)95-72-80(101-84(89)69-62-55-48-41-34-28-22-21-25-31-38-44-51-58-65-78(6)7)74-99-103(91,92)97-70-79(86)71-98-104(93,94)100-75-81(102-85(90)68-61-54-47-40-33-27-20-16-14-18-24-30-37-43-50-57-64-77(4)5)73-96-83(88)67-60-53-46-39-32-26-19-15-13-17-23-29-36-42-49-56-63-76(2)3/h76-81,86H,8-75H2,1-7H3,(H,91,92)(H,93,94)/t79-,80+,81+/m0/s1. The molecule has 0 saturated heterocycles. The van der Waals surface area contributed by atoms with Gasteiger partial charge in [0.05, 0.1) is 26.4 Å². The molecule has 0 spiro atoms. The van der Waals surface area contributed by atoms with Crippen LogP contribution in [0.5, 0.6) is 0 Å². The summed E-state index contributed by atoms with van der Waals surface area (Å²) in [7, 11) is -9.92. The maximum absolute atomic E-state index is 13.1. The van der Waals surface area contributed by atoms with Crippen molar-refractivity contribution in [3.05, 3.63) is 0 Å². The maximum atomic E-state index is 13.1. The summed E-state index contributed by atoms with van der Waals surface area (Å²) in [6.07, 6.45) is 65.2. The SMILES string of the molecule is CCCCCCCCCCCC(=O)OC[C@H](COP(=O)(O)OC[C@H](O)COP(=O)(O)OC[C@@H](COC(=O)CCCCCCCCCCCCCCCCCCC(C)C)OC(=O)CCCCCCCCCCCCCCCCCCC(C)C)OC(=O)CCCCCCCCCCCCCCCCC(C)C. The van der Waals surface area contributed by atoms with Gasteiger partial charge in [0.1, 0.15) is 19.3 Å². The number of aliphatic hydroxyl groups excluding tert-OH is 1. The lowest BCUT2D eigenvalue weighted by molar-refractivity contribution is -0.161. The van der Waals surface area contributed by atoms with Gasteiger partial charge in [-0.3, -0.25) is 37.3 Å². The molecule has 19 heteroatoms. The number of unbranched alkanes of at least 4 members (excludes halogenated alkanes) is 51. The zero-order valence-electron chi connectivity index (χ0n) is 68.5. The first kappa shape index (κ1) is 102. The highest BCUT2D eigenvalue weighted by molar-refractivity contribution is 7.47. The summed E-state index contributed by atoms with van der Waals surface area (Å²) in [4.78, 5) is 73.1. The molecule has 0 aromatic rings. The fraction of sp³-hybridized carbons (Fsp3) is 0.953. The van der Waals surface area contributed by atoms with Gasteiger partial charge < -0.3 is 33.8 Å². The number of carbonyl (C=O) groups is 4. The topological polar surface area (TPSA) is 237 Å². The van der Waals surface area contributed by atoms with Crippen molar-refractivity contribution in [1.82, 2.24) is 0 Å². The van der Waals surface area contributed by atoms with Crippen molar-refractivity contribution in [2.75, 3.05) is 39.6 Å². The van der Waals surface area contributed by atoms with Crippen molar-refractivity contribution < 1.29 is 80.2 Å². The summed E-state index contributed by atoms with van der Waals surface area (Å²) in [6, 6.07) is 0. The third-order valence-corrected chi connectivity index (χ3v) is 21.8. The summed E-state index contributed by atoms with van der Waals surface area (Å²) in [5.41, 5.74) is 0. The monoisotopic (exact) mass is 1520 g/mol. The summed E-state index contributed by atoms with van der Waals surface area (Å²) in [5.74, 6) is 0.311. The second kappa shape index (κ2) is 75.1. The Labute approximate surface area is 638 Å². The molecule has 618 valence electrons. The normalized spacial score (nSPS) is 13.9. The van der Waals surface area contributed by atoms with Gasteiger partial charge >= 0.3 is 39.5 Å². The average Bonchev–Trinajstić information content (AvgIpc) is 0.912. The molecule has 0 aromatic carbocycles. The molecule has 5 atom stereocenters. The Morgan fingerprint density at radius 3 is 0.654 bits per heavy atom. The third kappa shape index (κ3) is 78.2. The second-order valence-electron chi connectivity index (χ2n) is 32.0. The Morgan fingerprint density at radius 1 is 0.260 bits per heavy atom. The van der Waals surface area contributed by atoms with Gasteiger partial charge in [-0.05, 0) is 43.4 Å². The summed E-state index contributed by atoms with van der Waals surface area (Å²) in [6.45, 7) is 12.0. The molecule has 0 amide bonds. The molecule has 104 heavy (non-hydrogen) atoms. The maximum Gasteiger partial charge on any atom is 0.472 e. The smallest absolute Gasteiger partial charge is 0.462 e. The van der Waals surface area contributed by atoms with Crippen LogP contribution in [0, 0.1) is 17.8 Å². The minimum Gasteiger partial charge on any atom is -0.462 e. The zero-order valence-corrected chi connectivity index (χ0v) is 70.3. The van der Waals surface area contributed by atoms with Gasteiger partial charge in [0.2, 0.25) is 0 Å². The van der Waals surface area contributed by atoms with Crippen LogP contribution in [0.25, 0.3) is 0 Å². The number of ether oxygens (including phenoxy) is 4. The highest BCUT2D eigenvalue weighted by atomic mass is 31.2. The molecule has 0 saturated carbocycles. The van der Waals surface area contributed by atoms with E-state index < -0.39 is 97.5 Å². The molecule has 3 N–H and O–H groups in total. The van der Waals surface area contributed by atoms with Crippen LogP contribution in [0.2, 0.25) is 0 Å². The van der Waals surface area contributed by atoms with Crippen molar-refractivity contribution in [1.29, 1.82) is 0 Å². The number of phosphoric acid groups is 2. The lowest BCUT2D eigenvalue weighted by atomic mass is 10.0. The van der Waals surface area contributed by atoms with Gasteiger partial charge in [0.15, 0.2) is 12.2 Å². The van der Waals surface area contributed by atoms with Crippen molar-refractivity contribution in [3.63, 3.8) is 0 Å². The second-order valence-corrected chi connectivity index (χ2v) is 34.9. The minimum atomic E-state index is -4.96. The van der Waals surface area contributed by atoms with E-state index in [-0.39, 0.29) is 25.7 Å². The number of carbonyl (C=O) groups excluding carboxylic acids is 4. The first-order valence-corrected chi connectivity index (χ1v) is 46.8.